The van der Waals surface area contributed by atoms with Gasteiger partial charge in [-0.3, -0.25) is 9.59 Å². The summed E-state index contributed by atoms with van der Waals surface area (Å²) >= 11 is 0. The van der Waals surface area contributed by atoms with Gasteiger partial charge in [-0.1, -0.05) is 0 Å². The highest BCUT2D eigenvalue weighted by molar-refractivity contribution is 5.94. The van der Waals surface area contributed by atoms with Crippen molar-refractivity contribution < 1.29 is 14.3 Å². The molecule has 0 radical (unpaired) electrons. The average Bonchev–Trinajstić information content (AvgIpc) is 2.27. The Bertz CT molecular complexity index is 370. The van der Waals surface area contributed by atoms with Gasteiger partial charge >= 0.3 is 5.97 Å². The molecule has 0 aliphatic heterocycles. The molecule has 0 spiro atoms. The van der Waals surface area contributed by atoms with Crippen molar-refractivity contribution in [2.45, 2.75) is 13.8 Å². The summed E-state index contributed by atoms with van der Waals surface area (Å²) in [5.41, 5.74) is 1.44. The minimum atomic E-state index is -0.293. The molecule has 1 aromatic carbocycles. The van der Waals surface area contributed by atoms with Crippen molar-refractivity contribution >= 4 is 17.4 Å². The summed E-state index contributed by atoms with van der Waals surface area (Å²) in [6.07, 6.45) is 0. The van der Waals surface area contributed by atoms with E-state index in [4.69, 9.17) is 4.74 Å². The van der Waals surface area contributed by atoms with Gasteiger partial charge in [0.05, 0.1) is 6.61 Å². The van der Waals surface area contributed by atoms with Crippen LogP contribution in [-0.2, 0) is 9.53 Å². The van der Waals surface area contributed by atoms with Gasteiger partial charge in [-0.05, 0) is 38.1 Å². The molecule has 0 unspecified atom stereocenters. The summed E-state index contributed by atoms with van der Waals surface area (Å²) in [6.45, 7) is 3.79. The molecule has 0 aliphatic carbocycles. The minimum absolute atomic E-state index is 0.0249. The number of rotatable bonds is 5. The van der Waals surface area contributed by atoms with Crippen molar-refractivity contribution in [2.75, 3.05) is 18.5 Å². The number of nitrogens with one attached hydrogen (secondary N) is 1. The second-order valence-electron chi connectivity index (χ2n) is 3.29. The van der Waals surface area contributed by atoms with Gasteiger partial charge in [0, 0.05) is 11.3 Å². The molecule has 1 aromatic rings. The molecule has 1 N–H and O–H groups in total. The Labute approximate surface area is 94.6 Å². The first-order valence-corrected chi connectivity index (χ1v) is 5.14. The first-order chi connectivity index (χ1) is 7.63. The van der Waals surface area contributed by atoms with Crippen LogP contribution in [0.25, 0.3) is 0 Å². The van der Waals surface area contributed by atoms with Crippen LogP contribution in [0.1, 0.15) is 24.2 Å². The summed E-state index contributed by atoms with van der Waals surface area (Å²) in [5.74, 6) is -0.268. The smallest absolute Gasteiger partial charge is 0.325 e. The number of anilines is 1. The Hall–Kier alpha value is -1.84. The van der Waals surface area contributed by atoms with Gasteiger partial charge in [-0.15, -0.1) is 0 Å². The average molecular weight is 221 g/mol. The predicted molar refractivity (Wildman–Crippen MR) is 61.6 cm³/mol. The monoisotopic (exact) mass is 221 g/mol. The molecule has 4 nitrogen and oxygen atoms in total. The molecule has 0 saturated carbocycles. The molecule has 16 heavy (non-hydrogen) atoms. The fraction of sp³-hybridized carbons (Fsp3) is 0.333. The Morgan fingerprint density at radius 3 is 2.38 bits per heavy atom. The van der Waals surface area contributed by atoms with E-state index in [-0.39, 0.29) is 18.3 Å². The lowest BCUT2D eigenvalue weighted by Gasteiger charge is -2.06. The van der Waals surface area contributed by atoms with Gasteiger partial charge in [0.1, 0.15) is 6.54 Å². The molecule has 0 fully saturated rings. The third-order valence-corrected chi connectivity index (χ3v) is 2.03. The second kappa shape index (κ2) is 5.90. The van der Waals surface area contributed by atoms with E-state index in [1.807, 2.05) is 0 Å². The fourth-order valence-electron chi connectivity index (χ4n) is 1.21. The van der Waals surface area contributed by atoms with Gasteiger partial charge in [-0.25, -0.2) is 0 Å². The molecule has 1 rings (SSSR count). The van der Waals surface area contributed by atoms with E-state index in [2.05, 4.69) is 5.32 Å². The van der Waals surface area contributed by atoms with Gasteiger partial charge < -0.3 is 10.1 Å². The molecule has 0 amide bonds. The number of ether oxygens (including phenoxy) is 1. The van der Waals surface area contributed by atoms with Crippen LogP contribution >= 0.6 is 0 Å². The fourth-order valence-corrected chi connectivity index (χ4v) is 1.21. The zero-order valence-corrected chi connectivity index (χ0v) is 9.45. The number of carbonyl (C=O) groups is 2. The molecule has 0 bridgehead atoms. The van der Waals surface area contributed by atoms with Crippen molar-refractivity contribution in [1.82, 2.24) is 0 Å². The van der Waals surface area contributed by atoms with E-state index in [1.165, 1.54) is 6.92 Å². The van der Waals surface area contributed by atoms with E-state index in [0.29, 0.717) is 12.2 Å². The zero-order valence-electron chi connectivity index (χ0n) is 9.45. The molecule has 0 aliphatic rings. The maximum absolute atomic E-state index is 11.1. The van der Waals surface area contributed by atoms with Crippen molar-refractivity contribution in [3.05, 3.63) is 29.8 Å². The highest BCUT2D eigenvalue weighted by Gasteiger charge is 2.02. The standard InChI is InChI=1S/C12H15NO3/c1-3-16-12(15)8-13-11-6-4-10(5-7-11)9(2)14/h4-7,13H,3,8H2,1-2H3. The lowest BCUT2D eigenvalue weighted by molar-refractivity contribution is -0.140. The van der Waals surface area contributed by atoms with Crippen LogP contribution < -0.4 is 5.32 Å². The Kier molecular flexibility index (Phi) is 4.51. The number of carbonyl (C=O) groups excluding carboxylic acids is 2. The number of hydrogen-bond donors (Lipinski definition) is 1. The highest BCUT2D eigenvalue weighted by atomic mass is 16.5. The van der Waals surface area contributed by atoms with Crippen LogP contribution in [-0.4, -0.2) is 24.9 Å². The Morgan fingerprint density at radius 2 is 1.88 bits per heavy atom. The number of benzene rings is 1. The minimum Gasteiger partial charge on any atom is -0.465 e. The lowest BCUT2D eigenvalue weighted by atomic mass is 10.1. The van der Waals surface area contributed by atoms with Crippen molar-refractivity contribution in [3.63, 3.8) is 0 Å². The van der Waals surface area contributed by atoms with Gasteiger partial charge in [0.15, 0.2) is 5.78 Å². The number of Topliss-reactive ketones (excluding diaryl/α,β-unsaturated/α-hetero) is 1. The highest BCUT2D eigenvalue weighted by Crippen LogP contribution is 2.09. The largest absolute Gasteiger partial charge is 0.465 e. The third kappa shape index (κ3) is 3.73. The summed E-state index contributed by atoms with van der Waals surface area (Å²) in [5, 5.41) is 2.91. The summed E-state index contributed by atoms with van der Waals surface area (Å²) in [4.78, 5) is 22.1. The summed E-state index contributed by atoms with van der Waals surface area (Å²) in [7, 11) is 0. The topological polar surface area (TPSA) is 55.4 Å². The Morgan fingerprint density at radius 1 is 1.25 bits per heavy atom. The first kappa shape index (κ1) is 12.2. The summed E-state index contributed by atoms with van der Waals surface area (Å²) in [6, 6.07) is 6.96. The van der Waals surface area contributed by atoms with Crippen molar-refractivity contribution in [2.24, 2.45) is 0 Å². The molecular formula is C12H15NO3. The molecule has 0 heterocycles. The molecule has 0 saturated heterocycles. The molecule has 0 atom stereocenters. The first-order valence-electron chi connectivity index (χ1n) is 5.14. The van der Waals surface area contributed by atoms with Crippen LogP contribution in [0.3, 0.4) is 0 Å². The predicted octanol–water partition coefficient (Wildman–Crippen LogP) is 1.86. The van der Waals surface area contributed by atoms with Gasteiger partial charge in [-0.2, -0.15) is 0 Å². The van der Waals surface area contributed by atoms with Crippen LogP contribution in [0.2, 0.25) is 0 Å². The SMILES string of the molecule is CCOC(=O)CNc1ccc(C(C)=O)cc1. The normalized spacial score (nSPS) is 9.62. The van der Waals surface area contributed by atoms with Gasteiger partial charge in [0.25, 0.3) is 0 Å². The van der Waals surface area contributed by atoms with Crippen LogP contribution in [0, 0.1) is 0 Å². The van der Waals surface area contributed by atoms with E-state index in [9.17, 15) is 9.59 Å². The Balaban J connectivity index is 2.49. The van der Waals surface area contributed by atoms with Crippen LogP contribution in [0.4, 0.5) is 5.69 Å². The van der Waals surface area contributed by atoms with E-state index < -0.39 is 0 Å². The van der Waals surface area contributed by atoms with Crippen LogP contribution in [0.5, 0.6) is 0 Å². The van der Waals surface area contributed by atoms with Gasteiger partial charge in [0.2, 0.25) is 0 Å². The molecular weight excluding hydrogens is 206 g/mol. The number of esters is 1. The maximum Gasteiger partial charge on any atom is 0.325 e. The van der Waals surface area contributed by atoms with E-state index in [0.717, 1.165) is 5.69 Å². The lowest BCUT2D eigenvalue weighted by Crippen LogP contribution is -2.16. The quantitative estimate of drug-likeness (QED) is 0.609. The summed E-state index contributed by atoms with van der Waals surface area (Å²) < 4.78 is 4.77. The van der Waals surface area contributed by atoms with Crippen molar-refractivity contribution in [1.29, 1.82) is 0 Å². The molecule has 4 heteroatoms. The van der Waals surface area contributed by atoms with E-state index >= 15 is 0 Å². The van der Waals surface area contributed by atoms with Crippen molar-refractivity contribution in [3.8, 4) is 0 Å². The molecule has 0 aromatic heterocycles. The second-order valence-corrected chi connectivity index (χ2v) is 3.29. The maximum atomic E-state index is 11.1. The number of ketones is 1. The zero-order chi connectivity index (χ0) is 12.0. The number of hydrogen-bond acceptors (Lipinski definition) is 4. The van der Waals surface area contributed by atoms with E-state index in [1.54, 1.807) is 31.2 Å². The third-order valence-electron chi connectivity index (χ3n) is 2.03. The van der Waals surface area contributed by atoms with Crippen LogP contribution in [0.15, 0.2) is 24.3 Å². The molecule has 86 valence electrons.